The molecule has 7 heteroatoms. The van der Waals surface area contributed by atoms with Crippen molar-refractivity contribution >= 4 is 29.9 Å². The third-order valence-corrected chi connectivity index (χ3v) is 3.81. The Balaban J connectivity index is 0.00000364. The fourth-order valence-electron chi connectivity index (χ4n) is 2.51. The van der Waals surface area contributed by atoms with E-state index in [-0.39, 0.29) is 24.0 Å². The van der Waals surface area contributed by atoms with Gasteiger partial charge in [0.05, 0.1) is 26.0 Å². The van der Waals surface area contributed by atoms with Gasteiger partial charge in [-0.05, 0) is 36.8 Å². The molecule has 0 aliphatic heterocycles. The maximum absolute atomic E-state index is 5.49. The predicted octanol–water partition coefficient (Wildman–Crippen LogP) is 3.56. The molecule has 150 valence electrons. The van der Waals surface area contributed by atoms with Gasteiger partial charge >= 0.3 is 0 Å². The molecule has 1 heterocycles. The minimum atomic E-state index is 0. The number of aliphatic imine (C=N–C) groups is 1. The molecular formula is C20H30IN3O3. The molecular weight excluding hydrogens is 457 g/mol. The lowest BCUT2D eigenvalue weighted by Crippen LogP contribution is -2.39. The van der Waals surface area contributed by atoms with Crippen molar-refractivity contribution in [1.82, 2.24) is 10.2 Å². The summed E-state index contributed by atoms with van der Waals surface area (Å²) in [6.07, 6.45) is 2.51. The van der Waals surface area contributed by atoms with Crippen LogP contribution >= 0.6 is 24.0 Å². The van der Waals surface area contributed by atoms with E-state index in [4.69, 9.17) is 13.9 Å². The molecule has 0 amide bonds. The Hall–Kier alpha value is -1.74. The Bertz CT molecular complexity index is 645. The summed E-state index contributed by atoms with van der Waals surface area (Å²) in [6.45, 7) is 5.39. The smallest absolute Gasteiger partial charge is 0.194 e. The summed E-state index contributed by atoms with van der Waals surface area (Å²) in [5.74, 6) is 2.70. The highest BCUT2D eigenvalue weighted by atomic mass is 127. The second-order valence-electron chi connectivity index (χ2n) is 5.89. The van der Waals surface area contributed by atoms with Gasteiger partial charge in [0.15, 0.2) is 5.96 Å². The monoisotopic (exact) mass is 487 g/mol. The number of benzene rings is 1. The molecule has 1 aromatic heterocycles. The molecule has 0 saturated heterocycles. The zero-order chi connectivity index (χ0) is 18.6. The van der Waals surface area contributed by atoms with Crippen molar-refractivity contribution in [2.75, 3.05) is 40.5 Å². The van der Waals surface area contributed by atoms with Gasteiger partial charge in [-0.1, -0.05) is 12.1 Å². The third kappa shape index (κ3) is 8.66. The number of hydrogen-bond donors (Lipinski definition) is 1. The maximum atomic E-state index is 5.49. The summed E-state index contributed by atoms with van der Waals surface area (Å²) in [5.41, 5.74) is 1.20. The van der Waals surface area contributed by atoms with Crippen LogP contribution in [0.25, 0.3) is 0 Å². The molecule has 0 aliphatic rings. The van der Waals surface area contributed by atoms with Crippen LogP contribution in [-0.2, 0) is 17.7 Å². The van der Waals surface area contributed by atoms with Gasteiger partial charge in [-0.15, -0.1) is 24.0 Å². The van der Waals surface area contributed by atoms with Gasteiger partial charge in [0.25, 0.3) is 0 Å². The normalized spacial score (nSPS) is 11.0. The Morgan fingerprint density at radius 3 is 2.63 bits per heavy atom. The van der Waals surface area contributed by atoms with Crippen molar-refractivity contribution < 1.29 is 13.9 Å². The van der Waals surface area contributed by atoms with E-state index in [0.717, 1.165) is 37.0 Å². The number of guanidine groups is 1. The van der Waals surface area contributed by atoms with Gasteiger partial charge in [-0.3, -0.25) is 4.99 Å². The molecule has 0 radical (unpaired) electrons. The third-order valence-electron chi connectivity index (χ3n) is 3.81. The maximum Gasteiger partial charge on any atom is 0.194 e. The van der Waals surface area contributed by atoms with Gasteiger partial charge in [0.2, 0.25) is 0 Å². The van der Waals surface area contributed by atoms with Crippen LogP contribution < -0.4 is 10.1 Å². The highest BCUT2D eigenvalue weighted by molar-refractivity contribution is 14.0. The van der Waals surface area contributed by atoms with Crippen LogP contribution in [0.5, 0.6) is 5.75 Å². The first-order chi connectivity index (χ1) is 12.7. The molecule has 0 saturated carbocycles. The number of rotatable bonds is 10. The van der Waals surface area contributed by atoms with Gasteiger partial charge in [0, 0.05) is 33.7 Å². The lowest BCUT2D eigenvalue weighted by Gasteiger charge is -2.22. The zero-order valence-electron chi connectivity index (χ0n) is 16.3. The van der Waals surface area contributed by atoms with Gasteiger partial charge < -0.3 is 24.1 Å². The SMILES string of the molecule is CCOc1ccc(CN(C)C(=NCCOC)NCCc2ccco2)cc1.I. The minimum Gasteiger partial charge on any atom is -0.494 e. The first-order valence-corrected chi connectivity index (χ1v) is 8.95. The molecule has 2 rings (SSSR count). The fraction of sp³-hybridized carbons (Fsp3) is 0.450. The Labute approximate surface area is 179 Å². The van der Waals surface area contributed by atoms with Crippen molar-refractivity contribution in [3.63, 3.8) is 0 Å². The highest BCUT2D eigenvalue weighted by Crippen LogP contribution is 2.13. The summed E-state index contributed by atoms with van der Waals surface area (Å²) < 4.78 is 16.0. The number of halogens is 1. The largest absolute Gasteiger partial charge is 0.494 e. The number of methoxy groups -OCH3 is 1. The van der Waals surface area contributed by atoms with Crippen LogP contribution in [0.1, 0.15) is 18.2 Å². The number of nitrogens with zero attached hydrogens (tertiary/aromatic N) is 2. The van der Waals surface area contributed by atoms with E-state index in [1.54, 1.807) is 13.4 Å². The molecule has 0 aliphatic carbocycles. The lowest BCUT2D eigenvalue weighted by molar-refractivity contribution is 0.207. The standard InChI is InChI=1S/C20H29N3O3.HI/c1-4-25-19-9-7-17(8-10-19)16-23(2)20(22-13-15-24-3)21-12-11-18-6-5-14-26-18;/h5-10,14H,4,11-13,15-16H2,1-3H3,(H,21,22);1H. The van der Waals surface area contributed by atoms with Crippen LogP contribution in [0.2, 0.25) is 0 Å². The zero-order valence-corrected chi connectivity index (χ0v) is 18.6. The molecule has 0 unspecified atom stereocenters. The minimum absolute atomic E-state index is 0. The number of ether oxygens (including phenoxy) is 2. The highest BCUT2D eigenvalue weighted by Gasteiger charge is 2.08. The first kappa shape index (κ1) is 23.3. The van der Waals surface area contributed by atoms with Crippen molar-refractivity contribution in [2.24, 2.45) is 4.99 Å². The molecule has 27 heavy (non-hydrogen) atoms. The van der Waals surface area contributed by atoms with Crippen molar-refractivity contribution in [1.29, 1.82) is 0 Å². The van der Waals surface area contributed by atoms with E-state index < -0.39 is 0 Å². The van der Waals surface area contributed by atoms with Crippen LogP contribution in [0.15, 0.2) is 52.1 Å². The average molecular weight is 487 g/mol. The van der Waals surface area contributed by atoms with Gasteiger partial charge in [0.1, 0.15) is 11.5 Å². The van der Waals surface area contributed by atoms with Gasteiger partial charge in [-0.25, -0.2) is 0 Å². The quantitative estimate of drug-likeness (QED) is 0.241. The van der Waals surface area contributed by atoms with Crippen LogP contribution in [0.3, 0.4) is 0 Å². The molecule has 0 spiro atoms. The molecule has 0 atom stereocenters. The summed E-state index contributed by atoms with van der Waals surface area (Å²) >= 11 is 0. The first-order valence-electron chi connectivity index (χ1n) is 8.95. The summed E-state index contributed by atoms with van der Waals surface area (Å²) in [4.78, 5) is 6.73. The van der Waals surface area contributed by atoms with Crippen LogP contribution in [0, 0.1) is 0 Å². The molecule has 1 aromatic carbocycles. The Kier molecular flexibility index (Phi) is 11.6. The van der Waals surface area contributed by atoms with E-state index in [1.165, 1.54) is 5.56 Å². The van der Waals surface area contributed by atoms with E-state index in [0.29, 0.717) is 19.8 Å². The molecule has 2 aromatic rings. The second-order valence-corrected chi connectivity index (χ2v) is 5.89. The number of furan rings is 1. The average Bonchev–Trinajstić information content (AvgIpc) is 3.16. The summed E-state index contributed by atoms with van der Waals surface area (Å²) in [6, 6.07) is 12.0. The van der Waals surface area contributed by atoms with E-state index in [9.17, 15) is 0 Å². The Morgan fingerprint density at radius 2 is 2.00 bits per heavy atom. The van der Waals surface area contributed by atoms with E-state index in [1.807, 2.05) is 38.2 Å². The topological polar surface area (TPSA) is 59.2 Å². The second kappa shape index (κ2) is 13.4. The van der Waals surface area contributed by atoms with Crippen LogP contribution in [-0.4, -0.2) is 51.3 Å². The van der Waals surface area contributed by atoms with E-state index in [2.05, 4.69) is 27.3 Å². The van der Waals surface area contributed by atoms with Crippen molar-refractivity contribution in [3.8, 4) is 5.75 Å². The van der Waals surface area contributed by atoms with Gasteiger partial charge in [-0.2, -0.15) is 0 Å². The summed E-state index contributed by atoms with van der Waals surface area (Å²) in [5, 5.41) is 3.40. The molecule has 1 N–H and O–H groups in total. The van der Waals surface area contributed by atoms with E-state index >= 15 is 0 Å². The molecule has 0 fully saturated rings. The van der Waals surface area contributed by atoms with Crippen molar-refractivity contribution in [2.45, 2.75) is 19.9 Å². The Morgan fingerprint density at radius 1 is 1.22 bits per heavy atom. The van der Waals surface area contributed by atoms with Crippen LogP contribution in [0.4, 0.5) is 0 Å². The predicted molar refractivity (Wildman–Crippen MR) is 119 cm³/mol. The number of hydrogen-bond acceptors (Lipinski definition) is 4. The number of nitrogens with one attached hydrogen (secondary N) is 1. The molecule has 0 bridgehead atoms. The summed E-state index contributed by atoms with van der Waals surface area (Å²) in [7, 11) is 3.71. The lowest BCUT2D eigenvalue weighted by atomic mass is 10.2. The fourth-order valence-corrected chi connectivity index (χ4v) is 2.51. The molecule has 6 nitrogen and oxygen atoms in total. The van der Waals surface area contributed by atoms with Crippen molar-refractivity contribution in [3.05, 3.63) is 54.0 Å².